The minimum Gasteiger partial charge on any atom is -0.456 e. The van der Waals surface area contributed by atoms with Crippen molar-refractivity contribution in [2.24, 2.45) is 0 Å². The third-order valence-corrected chi connectivity index (χ3v) is 4.20. The lowest BCUT2D eigenvalue weighted by Crippen LogP contribution is -2.66. The van der Waals surface area contributed by atoms with Crippen molar-refractivity contribution in [3.05, 3.63) is 0 Å². The van der Waals surface area contributed by atoms with E-state index in [0.29, 0.717) is 0 Å². The molecule has 5 atom stereocenters. The van der Waals surface area contributed by atoms with Gasteiger partial charge in [0.2, 0.25) is 6.10 Å². The first kappa shape index (κ1) is 22.8. The summed E-state index contributed by atoms with van der Waals surface area (Å²) < 4.78 is 45.0. The zero-order chi connectivity index (χ0) is 20.3. The number of esters is 3. The Morgan fingerprint density at radius 2 is 1.50 bits per heavy atom. The molecule has 1 rings (SSSR count). The molecule has 1 N–H and O–H groups in total. The Morgan fingerprint density at radius 1 is 1.04 bits per heavy atom. The van der Waals surface area contributed by atoms with Gasteiger partial charge in [-0.25, -0.2) is 0 Å². The molecule has 1 fully saturated rings. The van der Waals surface area contributed by atoms with E-state index in [9.17, 15) is 27.9 Å². The Hall–Kier alpha value is -1.28. The van der Waals surface area contributed by atoms with Gasteiger partial charge < -0.3 is 24.1 Å². The quantitative estimate of drug-likeness (QED) is 0.228. The highest BCUT2D eigenvalue weighted by Crippen LogP contribution is 2.38. The lowest BCUT2D eigenvalue weighted by atomic mass is 9.98. The van der Waals surface area contributed by atoms with E-state index in [0.717, 1.165) is 27.0 Å². The maximum absolute atomic E-state index is 11.4. The molecule has 0 aromatic rings. The van der Waals surface area contributed by atoms with Crippen molar-refractivity contribution in [2.75, 3.05) is 12.9 Å². The summed E-state index contributed by atoms with van der Waals surface area (Å²) >= 11 is 2.79. The molecule has 0 unspecified atom stereocenters. The zero-order valence-corrected chi connectivity index (χ0v) is 16.7. The Morgan fingerprint density at radius 3 is 1.92 bits per heavy atom. The molecule has 0 aromatic carbocycles. The van der Waals surface area contributed by atoms with Gasteiger partial charge in [0.05, 0.1) is 12.9 Å². The van der Waals surface area contributed by atoms with E-state index in [1.165, 1.54) is 0 Å². The predicted molar refractivity (Wildman–Crippen MR) is 86.2 cm³/mol. The van der Waals surface area contributed by atoms with Gasteiger partial charge in [0.15, 0.2) is 12.2 Å². The second kappa shape index (κ2) is 8.61. The van der Waals surface area contributed by atoms with Gasteiger partial charge in [0, 0.05) is 20.8 Å². The molecule has 0 amide bonds. The largest absolute Gasteiger partial charge is 0.456 e. The Balaban J connectivity index is 3.28. The number of carbonyl (C=O) groups excluding carboxylic acids is 3. The lowest BCUT2D eigenvalue weighted by Gasteiger charge is -2.46. The highest BCUT2D eigenvalue weighted by Gasteiger charge is 2.58. The molecule has 0 bridgehead atoms. The monoisotopic (exact) mass is 462 g/mol. The van der Waals surface area contributed by atoms with Gasteiger partial charge in [0.1, 0.15) is 6.10 Å². The average Bonchev–Trinajstić information content (AvgIpc) is 2.42. The van der Waals surface area contributed by atoms with Gasteiger partial charge in [-0.15, -0.1) is 0 Å². The van der Waals surface area contributed by atoms with E-state index in [-0.39, 0.29) is 0 Å². The summed E-state index contributed by atoms with van der Waals surface area (Å²) in [4.78, 5) is 34.2. The molecule has 0 saturated carbocycles. The van der Waals surface area contributed by atoms with Crippen LogP contribution in [0.3, 0.4) is 0 Å². The molecule has 0 radical (unpaired) electrons. The summed E-state index contributed by atoms with van der Waals surface area (Å²) in [5.74, 6) is -2.50. The van der Waals surface area contributed by atoms with Crippen molar-refractivity contribution < 1.29 is 51.0 Å². The van der Waals surface area contributed by atoms with Crippen LogP contribution in [-0.2, 0) is 47.6 Å². The highest BCUT2D eigenvalue weighted by molar-refractivity contribution is 9.10. The van der Waals surface area contributed by atoms with Crippen molar-refractivity contribution in [3.8, 4) is 0 Å². The molecular formula is C13H19BrO11S. The van der Waals surface area contributed by atoms with Crippen molar-refractivity contribution in [3.63, 3.8) is 0 Å². The first-order valence-corrected chi connectivity index (χ1v) is 9.79. The first-order chi connectivity index (χ1) is 11.7. The van der Waals surface area contributed by atoms with Crippen LogP contribution in [0.2, 0.25) is 0 Å². The van der Waals surface area contributed by atoms with Crippen LogP contribution in [0.25, 0.3) is 0 Å². The number of halogens is 1. The minimum atomic E-state index is -3.90. The van der Waals surface area contributed by atoms with Crippen molar-refractivity contribution in [1.29, 1.82) is 0 Å². The van der Waals surface area contributed by atoms with Gasteiger partial charge >= 0.3 is 17.9 Å². The SMILES string of the molecule is CC(=O)O[C@@H]1[C@H](OC(C)=O)[C@@H](OC(C)=O)[C@](O)(Br)O[C@@H]1COS(C)(=O)=O. The molecule has 1 aliphatic heterocycles. The van der Waals surface area contributed by atoms with Crippen LogP contribution >= 0.6 is 15.9 Å². The third kappa shape index (κ3) is 6.79. The normalized spacial score (nSPS) is 31.8. The number of rotatable bonds is 6. The minimum absolute atomic E-state index is 0.671. The van der Waals surface area contributed by atoms with Gasteiger partial charge in [0.25, 0.3) is 14.8 Å². The Kier molecular flexibility index (Phi) is 7.53. The predicted octanol–water partition coefficient (Wildman–Crippen LogP) is -0.802. The fraction of sp³-hybridized carbons (Fsp3) is 0.769. The molecule has 0 aromatic heterocycles. The van der Waals surface area contributed by atoms with Crippen molar-refractivity contribution >= 4 is 44.0 Å². The molecule has 1 saturated heterocycles. The van der Waals surface area contributed by atoms with Crippen LogP contribution in [0, 0.1) is 0 Å². The lowest BCUT2D eigenvalue weighted by molar-refractivity contribution is -0.307. The molecular weight excluding hydrogens is 444 g/mol. The smallest absolute Gasteiger partial charge is 0.303 e. The molecule has 0 spiro atoms. The fourth-order valence-corrected chi connectivity index (χ4v) is 3.20. The van der Waals surface area contributed by atoms with Crippen LogP contribution in [0.15, 0.2) is 0 Å². The van der Waals surface area contributed by atoms with Gasteiger partial charge in [-0.05, 0) is 15.9 Å². The van der Waals surface area contributed by atoms with Gasteiger partial charge in [-0.1, -0.05) is 0 Å². The van der Waals surface area contributed by atoms with Crippen LogP contribution in [0.1, 0.15) is 20.8 Å². The molecule has 11 nitrogen and oxygen atoms in total. The second-order valence-corrected chi connectivity index (χ2v) is 8.21. The zero-order valence-electron chi connectivity index (χ0n) is 14.3. The topological polar surface area (TPSA) is 152 Å². The molecule has 1 aliphatic rings. The summed E-state index contributed by atoms with van der Waals surface area (Å²) in [7, 11) is -3.90. The van der Waals surface area contributed by atoms with Gasteiger partial charge in [-0.3, -0.25) is 18.6 Å². The summed E-state index contributed by atoms with van der Waals surface area (Å²) in [6, 6.07) is 0. The van der Waals surface area contributed by atoms with Gasteiger partial charge in [-0.2, -0.15) is 8.42 Å². The van der Waals surface area contributed by atoms with Crippen molar-refractivity contribution in [1.82, 2.24) is 0 Å². The average molecular weight is 463 g/mol. The molecule has 13 heteroatoms. The van der Waals surface area contributed by atoms with E-state index >= 15 is 0 Å². The molecule has 26 heavy (non-hydrogen) atoms. The number of ether oxygens (including phenoxy) is 4. The summed E-state index contributed by atoms with van der Waals surface area (Å²) in [6.45, 7) is 2.46. The van der Waals surface area contributed by atoms with Crippen LogP contribution in [0.4, 0.5) is 0 Å². The highest BCUT2D eigenvalue weighted by atomic mass is 79.9. The number of alkyl halides is 1. The summed E-state index contributed by atoms with van der Waals surface area (Å²) in [6.07, 6.45) is -5.16. The summed E-state index contributed by atoms with van der Waals surface area (Å²) in [5, 5.41) is 10.4. The van der Waals surface area contributed by atoms with E-state index in [4.69, 9.17) is 18.9 Å². The maximum atomic E-state index is 11.4. The van der Waals surface area contributed by atoms with E-state index in [1.54, 1.807) is 0 Å². The van der Waals surface area contributed by atoms with E-state index in [2.05, 4.69) is 20.1 Å². The third-order valence-electron chi connectivity index (χ3n) is 3.00. The van der Waals surface area contributed by atoms with Crippen LogP contribution in [0.5, 0.6) is 0 Å². The molecule has 150 valence electrons. The number of hydrogen-bond acceptors (Lipinski definition) is 11. The standard InChI is InChI=1S/C13H19BrO11S/c1-6(15)22-10-9(5-21-26(4,19)20)25-13(14,18)12(24-8(3)17)11(10)23-7(2)16/h9-12,18H,5H2,1-4H3/t9-,10+,11+,12-,13-/m1/s1. The van der Waals surface area contributed by atoms with E-state index in [1.807, 2.05) is 0 Å². The molecule has 1 heterocycles. The Bertz CT molecular complexity index is 659. The summed E-state index contributed by atoms with van der Waals surface area (Å²) in [5.41, 5.74) is 0. The molecule has 0 aliphatic carbocycles. The number of aliphatic hydroxyl groups is 1. The second-order valence-electron chi connectivity index (χ2n) is 5.43. The number of hydrogen-bond donors (Lipinski definition) is 1. The fourth-order valence-electron chi connectivity index (χ4n) is 2.23. The first-order valence-electron chi connectivity index (χ1n) is 7.18. The Labute approximate surface area is 158 Å². The number of carbonyl (C=O) groups is 3. The van der Waals surface area contributed by atoms with E-state index < -0.39 is 63.7 Å². The van der Waals surface area contributed by atoms with Crippen LogP contribution < -0.4 is 0 Å². The maximum Gasteiger partial charge on any atom is 0.303 e. The van der Waals surface area contributed by atoms with Crippen LogP contribution in [-0.4, -0.2) is 73.4 Å². The van der Waals surface area contributed by atoms with Crippen molar-refractivity contribution in [2.45, 2.75) is 49.9 Å².